The minimum atomic E-state index is -1.24. The molecule has 10 nitrogen and oxygen atoms in total. The second-order valence-corrected chi connectivity index (χ2v) is 10.1. The smallest absolute Gasteiger partial charge is 0.327 e. The first kappa shape index (κ1) is 29.7. The molecule has 0 bridgehead atoms. The lowest BCUT2D eigenvalue weighted by molar-refractivity contribution is -0.141. The number of carbonyl (C=O) groups is 4. The first-order valence-electron chi connectivity index (χ1n) is 12.7. The maximum absolute atomic E-state index is 13.3. The number of nitrogens with two attached hydrogens (primary N) is 1. The van der Waals surface area contributed by atoms with E-state index < -0.39 is 47.9 Å². The average molecular weight is 554 g/mol. The van der Waals surface area contributed by atoms with Crippen LogP contribution >= 0.6 is 12.6 Å². The summed E-state index contributed by atoms with van der Waals surface area (Å²) in [5.41, 5.74) is 8.80. The van der Waals surface area contributed by atoms with Gasteiger partial charge in [-0.3, -0.25) is 14.4 Å². The molecule has 3 aromatic rings. The molecule has 0 spiro atoms. The van der Waals surface area contributed by atoms with Gasteiger partial charge in [-0.05, 0) is 29.5 Å². The van der Waals surface area contributed by atoms with Crippen LogP contribution in [0, 0.1) is 5.92 Å². The fourth-order valence-electron chi connectivity index (χ4n) is 4.20. The topological polar surface area (TPSA) is 166 Å². The third-order valence-electron chi connectivity index (χ3n) is 6.41. The van der Waals surface area contributed by atoms with E-state index in [-0.39, 0.29) is 24.5 Å². The third-order valence-corrected chi connectivity index (χ3v) is 6.78. The largest absolute Gasteiger partial charge is 0.480 e. The average Bonchev–Trinajstić information content (AvgIpc) is 3.32. The number of carbonyl (C=O) groups excluding carboxylic acids is 3. The van der Waals surface area contributed by atoms with Gasteiger partial charge in [0, 0.05) is 29.3 Å². The number of hydrogen-bond donors (Lipinski definition) is 7. The lowest BCUT2D eigenvalue weighted by Crippen LogP contribution is -2.59. The summed E-state index contributed by atoms with van der Waals surface area (Å²) >= 11 is 3.99. The van der Waals surface area contributed by atoms with Gasteiger partial charge in [-0.15, -0.1) is 0 Å². The SMILES string of the molecule is CC(C)C(NC(=O)C(N)Cc1c[nH]c2ccccc12)C(=O)NC(Cc1ccccc1)C(=O)NC(CS)C(=O)O. The van der Waals surface area contributed by atoms with Gasteiger partial charge in [-0.25, -0.2) is 4.79 Å². The Morgan fingerprint density at radius 1 is 0.872 bits per heavy atom. The second kappa shape index (κ2) is 13.8. The number of aromatic amines is 1. The van der Waals surface area contributed by atoms with Crippen LogP contribution in [-0.4, -0.2) is 63.7 Å². The zero-order valence-corrected chi connectivity index (χ0v) is 22.8. The summed E-state index contributed by atoms with van der Waals surface area (Å²) in [7, 11) is 0. The zero-order valence-electron chi connectivity index (χ0n) is 21.9. The fourth-order valence-corrected chi connectivity index (χ4v) is 4.45. The molecule has 1 heterocycles. The molecule has 0 radical (unpaired) electrons. The molecule has 7 N–H and O–H groups in total. The highest BCUT2D eigenvalue weighted by atomic mass is 32.1. The third kappa shape index (κ3) is 8.08. The molecular formula is C28H35N5O5S. The van der Waals surface area contributed by atoms with Gasteiger partial charge in [0.05, 0.1) is 6.04 Å². The molecule has 3 rings (SSSR count). The number of carboxylic acid groups (broad SMARTS) is 1. The zero-order chi connectivity index (χ0) is 28.5. The Morgan fingerprint density at radius 2 is 1.51 bits per heavy atom. The van der Waals surface area contributed by atoms with Crippen molar-refractivity contribution in [2.24, 2.45) is 11.7 Å². The number of aliphatic carboxylic acids is 1. The number of fused-ring (bicyclic) bond motifs is 1. The van der Waals surface area contributed by atoms with Crippen LogP contribution in [0.2, 0.25) is 0 Å². The van der Waals surface area contributed by atoms with E-state index >= 15 is 0 Å². The molecule has 0 fully saturated rings. The van der Waals surface area contributed by atoms with E-state index in [9.17, 15) is 24.3 Å². The number of rotatable bonds is 13. The highest BCUT2D eigenvalue weighted by Crippen LogP contribution is 2.19. The molecule has 39 heavy (non-hydrogen) atoms. The van der Waals surface area contributed by atoms with Gasteiger partial charge in [0.25, 0.3) is 0 Å². The molecule has 2 aromatic carbocycles. The van der Waals surface area contributed by atoms with E-state index in [0.29, 0.717) is 0 Å². The van der Waals surface area contributed by atoms with Crippen LogP contribution in [0.5, 0.6) is 0 Å². The van der Waals surface area contributed by atoms with E-state index in [4.69, 9.17) is 5.73 Å². The number of H-pyrrole nitrogens is 1. The van der Waals surface area contributed by atoms with Crippen molar-refractivity contribution in [1.29, 1.82) is 0 Å². The molecule has 0 aliphatic carbocycles. The van der Waals surface area contributed by atoms with Crippen LogP contribution < -0.4 is 21.7 Å². The molecule has 208 valence electrons. The molecule has 3 amide bonds. The minimum absolute atomic E-state index is 0.119. The van der Waals surface area contributed by atoms with Crippen LogP contribution in [0.15, 0.2) is 60.8 Å². The maximum Gasteiger partial charge on any atom is 0.327 e. The summed E-state index contributed by atoms with van der Waals surface area (Å²) in [5.74, 6) is -3.42. The van der Waals surface area contributed by atoms with E-state index in [1.807, 2.05) is 36.5 Å². The normalized spacial score (nSPS) is 14.3. The van der Waals surface area contributed by atoms with Crippen molar-refractivity contribution in [2.45, 2.75) is 50.9 Å². The van der Waals surface area contributed by atoms with Crippen molar-refractivity contribution >= 4 is 47.2 Å². The molecule has 11 heteroatoms. The van der Waals surface area contributed by atoms with Gasteiger partial charge in [0.2, 0.25) is 17.7 Å². The monoisotopic (exact) mass is 553 g/mol. The molecule has 0 aliphatic heterocycles. The predicted octanol–water partition coefficient (Wildman–Crippen LogP) is 1.41. The summed E-state index contributed by atoms with van der Waals surface area (Å²) in [4.78, 5) is 54.0. The van der Waals surface area contributed by atoms with E-state index in [1.165, 1.54) is 0 Å². The van der Waals surface area contributed by atoms with Gasteiger partial charge in [0.15, 0.2) is 0 Å². The Labute approximate surface area is 232 Å². The lowest BCUT2D eigenvalue weighted by Gasteiger charge is -2.27. The Balaban J connectivity index is 1.72. The first-order chi connectivity index (χ1) is 18.6. The van der Waals surface area contributed by atoms with E-state index in [0.717, 1.165) is 22.0 Å². The van der Waals surface area contributed by atoms with Crippen LogP contribution in [0.4, 0.5) is 0 Å². The number of para-hydroxylation sites is 1. The van der Waals surface area contributed by atoms with Gasteiger partial charge in [-0.1, -0.05) is 62.4 Å². The van der Waals surface area contributed by atoms with Crippen molar-refractivity contribution in [2.75, 3.05) is 5.75 Å². The van der Waals surface area contributed by atoms with Crippen LogP contribution in [0.1, 0.15) is 25.0 Å². The number of aromatic nitrogens is 1. The Bertz CT molecular complexity index is 1300. The number of nitrogens with one attached hydrogen (secondary N) is 4. The van der Waals surface area contributed by atoms with Crippen molar-refractivity contribution in [3.05, 3.63) is 71.9 Å². The van der Waals surface area contributed by atoms with Crippen molar-refractivity contribution in [3.63, 3.8) is 0 Å². The Kier molecular flexibility index (Phi) is 10.5. The van der Waals surface area contributed by atoms with Crippen LogP contribution in [-0.2, 0) is 32.0 Å². The van der Waals surface area contributed by atoms with E-state index in [2.05, 4.69) is 33.6 Å². The second-order valence-electron chi connectivity index (χ2n) is 9.73. The Hall–Kier alpha value is -3.83. The highest BCUT2D eigenvalue weighted by Gasteiger charge is 2.31. The molecule has 0 saturated heterocycles. The lowest BCUT2D eigenvalue weighted by atomic mass is 9.99. The van der Waals surface area contributed by atoms with Crippen LogP contribution in [0.3, 0.4) is 0 Å². The summed E-state index contributed by atoms with van der Waals surface area (Å²) in [5, 5.41) is 18.1. The molecule has 1 aromatic heterocycles. The molecule has 4 atom stereocenters. The van der Waals surface area contributed by atoms with Crippen molar-refractivity contribution in [1.82, 2.24) is 20.9 Å². The van der Waals surface area contributed by atoms with Gasteiger partial charge >= 0.3 is 5.97 Å². The first-order valence-corrected chi connectivity index (χ1v) is 13.3. The van der Waals surface area contributed by atoms with E-state index in [1.54, 1.807) is 38.1 Å². The van der Waals surface area contributed by atoms with Gasteiger partial charge in [-0.2, -0.15) is 12.6 Å². The summed E-state index contributed by atoms with van der Waals surface area (Å²) < 4.78 is 0. The molecule has 0 aliphatic rings. The highest BCUT2D eigenvalue weighted by molar-refractivity contribution is 7.80. The summed E-state index contributed by atoms with van der Waals surface area (Å²) in [6.07, 6.45) is 2.20. The maximum atomic E-state index is 13.3. The van der Waals surface area contributed by atoms with Crippen molar-refractivity contribution < 1.29 is 24.3 Å². The van der Waals surface area contributed by atoms with Gasteiger partial charge < -0.3 is 31.8 Å². The number of benzene rings is 2. The predicted molar refractivity (Wildman–Crippen MR) is 152 cm³/mol. The number of hydrogen-bond acceptors (Lipinski definition) is 6. The quantitative estimate of drug-likeness (QED) is 0.158. The number of thiol groups is 1. The standard InChI is InChI=1S/C28H35N5O5S/c1-16(2)24(33-25(34)20(29)13-18-14-30-21-11-7-6-10-19(18)21)27(36)31-22(12-17-8-4-3-5-9-17)26(35)32-23(15-39)28(37)38/h3-11,14,16,20,22-24,30,39H,12-13,15,29H2,1-2H3,(H,31,36)(H,32,35)(H,33,34)(H,37,38). The summed E-state index contributed by atoms with van der Waals surface area (Å²) in [6, 6.07) is 12.5. The molecular weight excluding hydrogens is 518 g/mol. The minimum Gasteiger partial charge on any atom is -0.480 e. The van der Waals surface area contributed by atoms with Crippen LogP contribution in [0.25, 0.3) is 10.9 Å². The Morgan fingerprint density at radius 3 is 2.15 bits per heavy atom. The van der Waals surface area contributed by atoms with Gasteiger partial charge in [0.1, 0.15) is 18.1 Å². The number of amides is 3. The molecule has 0 saturated carbocycles. The number of carboxylic acids is 1. The summed E-state index contributed by atoms with van der Waals surface area (Å²) in [6.45, 7) is 3.53. The molecule has 4 unspecified atom stereocenters. The fraction of sp³-hybridized carbons (Fsp3) is 0.357. The van der Waals surface area contributed by atoms with Crippen molar-refractivity contribution in [3.8, 4) is 0 Å².